The number of nitrogens with zero attached hydrogens (tertiary/aromatic N) is 2. The maximum absolute atomic E-state index is 11.8. The number of thiazole rings is 1. The molecule has 1 N–H and O–H groups in total. The molecule has 0 aliphatic rings. The molecule has 0 saturated carbocycles. The Morgan fingerprint density at radius 1 is 1.21 bits per heavy atom. The van der Waals surface area contributed by atoms with Gasteiger partial charge >= 0.3 is 6.09 Å². The number of amides is 1. The maximum Gasteiger partial charge on any atom is 0.412 e. The van der Waals surface area contributed by atoms with Crippen LogP contribution in [0.5, 0.6) is 5.75 Å². The van der Waals surface area contributed by atoms with Gasteiger partial charge in [-0.05, 0) is 31.2 Å². The zero-order valence-corrected chi connectivity index (χ0v) is 14.0. The van der Waals surface area contributed by atoms with E-state index in [1.807, 2.05) is 37.3 Å². The molecule has 1 aromatic carbocycles. The SMILES string of the molecule is Cc1nc(-c2cccnc2)sc1CCNC(=O)Oc1ccccc1. The summed E-state index contributed by atoms with van der Waals surface area (Å²) in [6, 6.07) is 12.9. The number of aromatic nitrogens is 2. The lowest BCUT2D eigenvalue weighted by atomic mass is 10.3. The van der Waals surface area contributed by atoms with Gasteiger partial charge in [0, 0.05) is 35.8 Å². The van der Waals surface area contributed by atoms with Crippen molar-refractivity contribution in [3.05, 3.63) is 65.4 Å². The average molecular weight is 339 g/mol. The largest absolute Gasteiger partial charge is 0.412 e. The number of pyridine rings is 1. The van der Waals surface area contributed by atoms with E-state index >= 15 is 0 Å². The summed E-state index contributed by atoms with van der Waals surface area (Å²) in [5, 5.41) is 3.71. The summed E-state index contributed by atoms with van der Waals surface area (Å²) in [7, 11) is 0. The number of hydrogen-bond acceptors (Lipinski definition) is 5. The fraction of sp³-hybridized carbons (Fsp3) is 0.167. The highest BCUT2D eigenvalue weighted by Gasteiger charge is 2.10. The van der Waals surface area contributed by atoms with Gasteiger partial charge in [-0.2, -0.15) is 0 Å². The van der Waals surface area contributed by atoms with E-state index in [4.69, 9.17) is 4.74 Å². The van der Waals surface area contributed by atoms with Crippen LogP contribution in [-0.2, 0) is 6.42 Å². The number of ether oxygens (including phenoxy) is 1. The van der Waals surface area contributed by atoms with Crippen LogP contribution < -0.4 is 10.1 Å². The van der Waals surface area contributed by atoms with Gasteiger partial charge in [0.05, 0.1) is 5.69 Å². The van der Waals surface area contributed by atoms with Crippen molar-refractivity contribution in [2.24, 2.45) is 0 Å². The van der Waals surface area contributed by atoms with Gasteiger partial charge in [0.2, 0.25) is 0 Å². The second-order valence-electron chi connectivity index (χ2n) is 5.15. The summed E-state index contributed by atoms with van der Waals surface area (Å²) in [6.45, 7) is 2.48. The van der Waals surface area contributed by atoms with Crippen molar-refractivity contribution < 1.29 is 9.53 Å². The number of hydrogen-bond donors (Lipinski definition) is 1. The van der Waals surface area contributed by atoms with Gasteiger partial charge in [-0.3, -0.25) is 4.98 Å². The summed E-state index contributed by atoms with van der Waals surface area (Å²) in [5.74, 6) is 0.530. The van der Waals surface area contributed by atoms with E-state index in [9.17, 15) is 4.79 Å². The molecular formula is C18H17N3O2S. The molecule has 0 aliphatic carbocycles. The molecule has 122 valence electrons. The highest BCUT2D eigenvalue weighted by atomic mass is 32.1. The van der Waals surface area contributed by atoms with Gasteiger partial charge in [-0.1, -0.05) is 18.2 Å². The number of para-hydroxylation sites is 1. The first-order chi connectivity index (χ1) is 11.7. The molecule has 0 spiro atoms. The van der Waals surface area contributed by atoms with Crippen LogP contribution in [0.4, 0.5) is 4.79 Å². The molecular weight excluding hydrogens is 322 g/mol. The molecule has 3 aromatic rings. The zero-order valence-electron chi connectivity index (χ0n) is 13.2. The van der Waals surface area contributed by atoms with E-state index in [-0.39, 0.29) is 0 Å². The first-order valence-electron chi connectivity index (χ1n) is 7.60. The fourth-order valence-corrected chi connectivity index (χ4v) is 3.23. The van der Waals surface area contributed by atoms with Crippen molar-refractivity contribution in [1.29, 1.82) is 0 Å². The van der Waals surface area contributed by atoms with Crippen LogP contribution in [0.2, 0.25) is 0 Å². The first kappa shape index (κ1) is 16.1. The van der Waals surface area contributed by atoms with Crippen LogP contribution in [0.1, 0.15) is 10.6 Å². The molecule has 3 rings (SSSR count). The second kappa shape index (κ2) is 7.70. The molecule has 0 fully saturated rings. The van der Waals surface area contributed by atoms with Crippen LogP contribution >= 0.6 is 11.3 Å². The predicted octanol–water partition coefficient (Wildman–Crippen LogP) is 3.84. The fourth-order valence-electron chi connectivity index (χ4n) is 2.18. The van der Waals surface area contributed by atoms with Crippen molar-refractivity contribution >= 4 is 17.4 Å². The lowest BCUT2D eigenvalue weighted by Crippen LogP contribution is -2.28. The summed E-state index contributed by atoms with van der Waals surface area (Å²) in [4.78, 5) is 21.6. The third-order valence-corrected chi connectivity index (χ3v) is 4.64. The van der Waals surface area contributed by atoms with Gasteiger partial charge in [0.15, 0.2) is 0 Å². The summed E-state index contributed by atoms with van der Waals surface area (Å²) < 4.78 is 5.19. The second-order valence-corrected chi connectivity index (χ2v) is 6.23. The molecule has 0 saturated heterocycles. The molecule has 2 heterocycles. The molecule has 24 heavy (non-hydrogen) atoms. The third-order valence-electron chi connectivity index (χ3n) is 3.38. The van der Waals surface area contributed by atoms with Gasteiger partial charge in [-0.25, -0.2) is 9.78 Å². The lowest BCUT2D eigenvalue weighted by Gasteiger charge is -2.05. The van der Waals surface area contributed by atoms with Crippen LogP contribution in [0.15, 0.2) is 54.9 Å². The summed E-state index contributed by atoms with van der Waals surface area (Å²) in [5.41, 5.74) is 1.99. The summed E-state index contributed by atoms with van der Waals surface area (Å²) in [6.07, 6.45) is 3.81. The lowest BCUT2D eigenvalue weighted by molar-refractivity contribution is 0.200. The summed E-state index contributed by atoms with van der Waals surface area (Å²) >= 11 is 1.63. The van der Waals surface area contributed by atoms with Crippen molar-refractivity contribution in [2.75, 3.05) is 6.54 Å². The van der Waals surface area contributed by atoms with Gasteiger partial charge in [-0.15, -0.1) is 11.3 Å². The van der Waals surface area contributed by atoms with Crippen LogP contribution in [0, 0.1) is 6.92 Å². The molecule has 0 bridgehead atoms. The smallest absolute Gasteiger partial charge is 0.410 e. The Balaban J connectivity index is 1.54. The van der Waals surface area contributed by atoms with Crippen molar-refractivity contribution in [2.45, 2.75) is 13.3 Å². The van der Waals surface area contributed by atoms with E-state index < -0.39 is 6.09 Å². The highest BCUT2D eigenvalue weighted by molar-refractivity contribution is 7.15. The molecule has 0 radical (unpaired) electrons. The maximum atomic E-state index is 11.8. The van der Waals surface area contributed by atoms with E-state index in [0.29, 0.717) is 18.7 Å². The van der Waals surface area contributed by atoms with Crippen molar-refractivity contribution in [3.8, 4) is 16.3 Å². The van der Waals surface area contributed by atoms with Crippen LogP contribution in [0.25, 0.3) is 10.6 Å². The van der Waals surface area contributed by atoms with E-state index in [2.05, 4.69) is 15.3 Å². The Hall–Kier alpha value is -2.73. The molecule has 0 unspecified atom stereocenters. The Labute approximate surface area is 144 Å². The molecule has 0 aliphatic heterocycles. The first-order valence-corrected chi connectivity index (χ1v) is 8.41. The van der Waals surface area contributed by atoms with Crippen molar-refractivity contribution in [3.63, 3.8) is 0 Å². The number of benzene rings is 1. The van der Waals surface area contributed by atoms with Gasteiger partial charge < -0.3 is 10.1 Å². The minimum absolute atomic E-state index is 0.448. The Bertz CT molecular complexity index is 804. The quantitative estimate of drug-likeness (QED) is 0.767. The normalized spacial score (nSPS) is 10.4. The average Bonchev–Trinajstić information content (AvgIpc) is 2.98. The van der Waals surface area contributed by atoms with Gasteiger partial charge in [0.1, 0.15) is 10.8 Å². The van der Waals surface area contributed by atoms with E-state index in [1.165, 1.54) is 0 Å². The van der Waals surface area contributed by atoms with E-state index in [1.54, 1.807) is 35.9 Å². The molecule has 0 atom stereocenters. The zero-order chi connectivity index (χ0) is 16.8. The number of carbonyl (C=O) groups excluding carboxylic acids is 1. The van der Waals surface area contributed by atoms with Gasteiger partial charge in [0.25, 0.3) is 0 Å². The highest BCUT2D eigenvalue weighted by Crippen LogP contribution is 2.27. The molecule has 5 nitrogen and oxygen atoms in total. The third kappa shape index (κ3) is 4.17. The van der Waals surface area contributed by atoms with E-state index in [0.717, 1.165) is 21.1 Å². The monoisotopic (exact) mass is 339 g/mol. The minimum Gasteiger partial charge on any atom is -0.410 e. The number of carbonyl (C=O) groups is 1. The topological polar surface area (TPSA) is 64.1 Å². The number of aryl methyl sites for hydroxylation is 1. The Morgan fingerprint density at radius 3 is 2.79 bits per heavy atom. The molecule has 2 aromatic heterocycles. The molecule has 1 amide bonds. The predicted molar refractivity (Wildman–Crippen MR) is 94.3 cm³/mol. The van der Waals surface area contributed by atoms with Crippen LogP contribution in [0.3, 0.4) is 0 Å². The number of nitrogens with one attached hydrogen (secondary N) is 1. The van der Waals surface area contributed by atoms with Crippen LogP contribution in [-0.4, -0.2) is 22.6 Å². The number of rotatable bonds is 5. The van der Waals surface area contributed by atoms with Crippen molar-refractivity contribution in [1.82, 2.24) is 15.3 Å². The standard InChI is InChI=1S/C18H17N3O2S/c1-13-16(24-17(21-13)14-6-5-10-19-12-14)9-11-20-18(22)23-15-7-3-2-4-8-15/h2-8,10,12H,9,11H2,1H3,(H,20,22). The Kier molecular flexibility index (Phi) is 5.18. The molecule has 6 heteroatoms. The minimum atomic E-state index is -0.448. The Morgan fingerprint density at radius 2 is 2.04 bits per heavy atom.